The Kier molecular flexibility index (Phi) is 2.83. The van der Waals surface area contributed by atoms with Crippen LogP contribution in [0.25, 0.3) is 0 Å². The first-order valence-corrected chi connectivity index (χ1v) is 6.87. The van der Waals surface area contributed by atoms with Crippen LogP contribution in [0.2, 0.25) is 0 Å². The number of fused-ring (bicyclic) bond motifs is 2. The van der Waals surface area contributed by atoms with Crippen molar-refractivity contribution < 1.29 is 19.2 Å². The number of carbonyl (C=O) groups excluding carboxylic acids is 1. The molecule has 0 bridgehead atoms. The molecule has 2 aliphatic heterocycles. The molecule has 2 aromatic carbocycles. The van der Waals surface area contributed by atoms with E-state index in [2.05, 4.69) is 10.6 Å². The van der Waals surface area contributed by atoms with Gasteiger partial charge in [0.05, 0.1) is 10.5 Å². The van der Waals surface area contributed by atoms with Gasteiger partial charge >= 0.3 is 0 Å². The molecule has 0 fully saturated rings. The van der Waals surface area contributed by atoms with E-state index in [0.29, 0.717) is 17.2 Å². The van der Waals surface area contributed by atoms with Gasteiger partial charge in [-0.15, -0.1) is 0 Å². The van der Waals surface area contributed by atoms with Gasteiger partial charge in [0.2, 0.25) is 6.79 Å². The molecular weight excluding hydrogens is 302 g/mol. The summed E-state index contributed by atoms with van der Waals surface area (Å²) in [6.45, 7) is 0.176. The number of hydrogen-bond donors (Lipinski definition) is 2. The maximum absolute atomic E-state index is 12.2. The number of rotatable bonds is 2. The molecule has 2 N–H and O–H groups in total. The lowest BCUT2D eigenvalue weighted by molar-refractivity contribution is -0.384. The van der Waals surface area contributed by atoms with Crippen LogP contribution in [0.4, 0.5) is 11.4 Å². The van der Waals surface area contributed by atoms with Gasteiger partial charge in [-0.1, -0.05) is 6.07 Å². The quantitative estimate of drug-likeness (QED) is 0.650. The second-order valence-corrected chi connectivity index (χ2v) is 5.15. The Bertz CT molecular complexity index is 836. The fourth-order valence-electron chi connectivity index (χ4n) is 2.62. The summed E-state index contributed by atoms with van der Waals surface area (Å²) in [5, 5.41) is 16.7. The zero-order valence-corrected chi connectivity index (χ0v) is 11.7. The fourth-order valence-corrected chi connectivity index (χ4v) is 2.62. The van der Waals surface area contributed by atoms with Gasteiger partial charge in [-0.2, -0.15) is 0 Å². The standard InChI is InChI=1S/C15H11N3O5/c19-15-10-6-9(18(20)21)2-3-11(10)16-14(17-15)8-1-4-12-13(5-8)23-7-22-12/h1-6,14,16H,7H2,(H,17,19)/t14-/m1/s1. The van der Waals surface area contributed by atoms with Crippen LogP contribution in [0.1, 0.15) is 22.1 Å². The Morgan fingerprint density at radius 1 is 1.09 bits per heavy atom. The van der Waals surface area contributed by atoms with E-state index < -0.39 is 11.1 Å². The maximum atomic E-state index is 12.2. The fraction of sp³-hybridized carbons (Fsp3) is 0.133. The van der Waals surface area contributed by atoms with Crippen LogP contribution >= 0.6 is 0 Å². The van der Waals surface area contributed by atoms with Crippen molar-refractivity contribution in [3.8, 4) is 11.5 Å². The molecule has 2 aromatic rings. The Morgan fingerprint density at radius 2 is 1.91 bits per heavy atom. The Balaban J connectivity index is 1.67. The van der Waals surface area contributed by atoms with E-state index in [1.807, 2.05) is 6.07 Å². The third-order valence-electron chi connectivity index (χ3n) is 3.76. The lowest BCUT2D eigenvalue weighted by Gasteiger charge is -2.28. The highest BCUT2D eigenvalue weighted by Crippen LogP contribution is 2.36. The highest BCUT2D eigenvalue weighted by atomic mass is 16.7. The van der Waals surface area contributed by atoms with Crippen LogP contribution in [-0.4, -0.2) is 17.6 Å². The van der Waals surface area contributed by atoms with Crippen molar-refractivity contribution in [3.05, 3.63) is 57.6 Å². The van der Waals surface area contributed by atoms with Crippen LogP contribution in [0, 0.1) is 10.1 Å². The van der Waals surface area contributed by atoms with Crippen molar-refractivity contribution >= 4 is 17.3 Å². The zero-order valence-electron chi connectivity index (χ0n) is 11.7. The van der Waals surface area contributed by atoms with Gasteiger partial charge in [-0.25, -0.2) is 0 Å². The molecule has 0 radical (unpaired) electrons. The number of anilines is 1. The first-order chi connectivity index (χ1) is 11.1. The van der Waals surface area contributed by atoms with Crippen LogP contribution in [0.3, 0.4) is 0 Å². The van der Waals surface area contributed by atoms with E-state index >= 15 is 0 Å². The molecular formula is C15H11N3O5. The second-order valence-electron chi connectivity index (χ2n) is 5.15. The zero-order chi connectivity index (χ0) is 16.0. The molecule has 0 aliphatic carbocycles. The average molecular weight is 313 g/mol. The minimum atomic E-state index is -0.530. The Hall–Kier alpha value is -3.29. The summed E-state index contributed by atoms with van der Waals surface area (Å²) in [5.74, 6) is 0.907. The lowest BCUT2D eigenvalue weighted by atomic mass is 10.0. The molecule has 2 aliphatic rings. The molecule has 0 unspecified atom stereocenters. The number of hydrogen-bond acceptors (Lipinski definition) is 6. The van der Waals surface area contributed by atoms with Crippen LogP contribution < -0.4 is 20.1 Å². The summed E-state index contributed by atoms with van der Waals surface area (Å²) in [5.41, 5.74) is 1.46. The highest BCUT2D eigenvalue weighted by molar-refractivity contribution is 6.02. The van der Waals surface area contributed by atoms with Crippen molar-refractivity contribution in [2.75, 3.05) is 12.1 Å². The summed E-state index contributed by atoms with van der Waals surface area (Å²) in [6, 6.07) is 9.54. The smallest absolute Gasteiger partial charge is 0.270 e. The molecule has 8 nitrogen and oxygen atoms in total. The van der Waals surface area contributed by atoms with Gasteiger partial charge in [0.15, 0.2) is 11.5 Å². The van der Waals surface area contributed by atoms with Gasteiger partial charge in [-0.05, 0) is 23.8 Å². The van der Waals surface area contributed by atoms with Gasteiger partial charge in [-0.3, -0.25) is 14.9 Å². The van der Waals surface area contributed by atoms with Crippen molar-refractivity contribution in [2.45, 2.75) is 6.17 Å². The molecule has 116 valence electrons. The average Bonchev–Trinajstić information content (AvgIpc) is 3.01. The van der Waals surface area contributed by atoms with E-state index in [9.17, 15) is 14.9 Å². The topological polar surface area (TPSA) is 103 Å². The SMILES string of the molecule is O=C1N[C@H](c2ccc3c(c2)OCO3)Nc2ccc([N+](=O)[O-])cc21. The summed E-state index contributed by atoms with van der Waals surface area (Å²) < 4.78 is 10.6. The van der Waals surface area contributed by atoms with E-state index in [-0.39, 0.29) is 24.0 Å². The molecule has 4 rings (SSSR count). The summed E-state index contributed by atoms with van der Waals surface area (Å²) in [6.07, 6.45) is -0.453. The number of carbonyl (C=O) groups is 1. The van der Waals surface area contributed by atoms with Gasteiger partial charge in [0.25, 0.3) is 11.6 Å². The maximum Gasteiger partial charge on any atom is 0.270 e. The van der Waals surface area contributed by atoms with Gasteiger partial charge < -0.3 is 20.1 Å². The number of nitro benzene ring substituents is 1. The third-order valence-corrected chi connectivity index (χ3v) is 3.76. The number of nitro groups is 1. The minimum absolute atomic E-state index is 0.123. The number of amides is 1. The lowest BCUT2D eigenvalue weighted by Crippen LogP contribution is -2.38. The van der Waals surface area contributed by atoms with E-state index in [4.69, 9.17) is 9.47 Å². The molecule has 0 aromatic heterocycles. The van der Waals surface area contributed by atoms with Crippen LogP contribution in [0.5, 0.6) is 11.5 Å². The molecule has 23 heavy (non-hydrogen) atoms. The van der Waals surface area contributed by atoms with Crippen LogP contribution in [0.15, 0.2) is 36.4 Å². The second kappa shape index (κ2) is 4.87. The molecule has 0 spiro atoms. The number of non-ortho nitro benzene ring substituents is 1. The van der Waals surface area contributed by atoms with Crippen molar-refractivity contribution in [2.24, 2.45) is 0 Å². The third kappa shape index (κ3) is 2.20. The molecule has 2 heterocycles. The number of nitrogens with one attached hydrogen (secondary N) is 2. The largest absolute Gasteiger partial charge is 0.454 e. The van der Waals surface area contributed by atoms with E-state index in [1.165, 1.54) is 18.2 Å². The number of nitrogens with zero attached hydrogens (tertiary/aromatic N) is 1. The molecule has 1 atom stereocenters. The predicted octanol–water partition coefficient (Wildman–Crippen LogP) is 2.18. The minimum Gasteiger partial charge on any atom is -0.454 e. The van der Waals surface area contributed by atoms with E-state index in [1.54, 1.807) is 12.1 Å². The number of benzene rings is 2. The Labute approximate surface area is 130 Å². The van der Waals surface area contributed by atoms with E-state index in [0.717, 1.165) is 5.56 Å². The Morgan fingerprint density at radius 3 is 2.74 bits per heavy atom. The molecule has 0 saturated heterocycles. The van der Waals surface area contributed by atoms with Crippen molar-refractivity contribution in [1.82, 2.24) is 5.32 Å². The summed E-state index contributed by atoms with van der Waals surface area (Å²) in [4.78, 5) is 22.5. The molecule has 8 heteroatoms. The molecule has 1 amide bonds. The first kappa shape index (κ1) is 13.4. The monoisotopic (exact) mass is 313 g/mol. The van der Waals surface area contributed by atoms with Gasteiger partial charge in [0.1, 0.15) is 6.17 Å². The van der Waals surface area contributed by atoms with Crippen molar-refractivity contribution in [1.29, 1.82) is 0 Å². The first-order valence-electron chi connectivity index (χ1n) is 6.87. The summed E-state index contributed by atoms with van der Waals surface area (Å²) >= 11 is 0. The highest BCUT2D eigenvalue weighted by Gasteiger charge is 2.27. The number of ether oxygens (including phenoxy) is 2. The van der Waals surface area contributed by atoms with Crippen LogP contribution in [-0.2, 0) is 0 Å². The predicted molar refractivity (Wildman–Crippen MR) is 79.5 cm³/mol. The molecule has 0 saturated carbocycles. The normalized spacial score (nSPS) is 17.9. The van der Waals surface area contributed by atoms with Crippen molar-refractivity contribution in [3.63, 3.8) is 0 Å². The van der Waals surface area contributed by atoms with Gasteiger partial charge in [0, 0.05) is 17.8 Å². The summed E-state index contributed by atoms with van der Waals surface area (Å²) in [7, 11) is 0.